The van der Waals surface area contributed by atoms with Gasteiger partial charge in [0, 0.05) is 68.0 Å². The van der Waals surface area contributed by atoms with Crippen molar-refractivity contribution < 1.29 is 18.7 Å². The molecule has 0 spiro atoms. The van der Waals surface area contributed by atoms with Gasteiger partial charge in [-0.15, -0.1) is 0 Å². The number of rotatable bonds is 11. The molecule has 2 aromatic heterocycles. The minimum absolute atomic E-state index is 0.0546. The van der Waals surface area contributed by atoms with Gasteiger partial charge in [-0.25, -0.2) is 9.37 Å². The van der Waals surface area contributed by atoms with E-state index in [4.69, 9.17) is 9.72 Å². The number of pyridine rings is 1. The van der Waals surface area contributed by atoms with Crippen LogP contribution in [0.25, 0.3) is 16.7 Å². The lowest BCUT2D eigenvalue weighted by Crippen LogP contribution is -2.49. The predicted molar refractivity (Wildman–Crippen MR) is 214 cm³/mol. The van der Waals surface area contributed by atoms with E-state index in [2.05, 4.69) is 46.2 Å². The van der Waals surface area contributed by atoms with Crippen LogP contribution in [0.4, 0.5) is 21.7 Å². The number of hydrogen-bond donors (Lipinski definition) is 2. The summed E-state index contributed by atoms with van der Waals surface area (Å²) >= 11 is 0. The molecule has 0 radical (unpaired) electrons. The molecule has 11 nitrogen and oxygen atoms in total. The van der Waals surface area contributed by atoms with Crippen LogP contribution < -0.4 is 25.8 Å². The number of nitrogens with one attached hydrogen (secondary N) is 2. The number of carbonyl (C=O) groups is 2. The molecule has 0 bridgehead atoms. The summed E-state index contributed by atoms with van der Waals surface area (Å²) in [6.07, 6.45) is 11.1. The van der Waals surface area contributed by atoms with Crippen molar-refractivity contribution in [3.8, 4) is 11.4 Å². The van der Waals surface area contributed by atoms with Gasteiger partial charge in [-0.1, -0.05) is 33.6 Å². The first-order valence-electron chi connectivity index (χ1n) is 20.0. The SMILES string of the molecule is CCC1CC(C)CCC(CC)(CC(=O)N2CCN(c3ccc(Nc4ncc5c(C)cc(=O)n(-c6ccc(F)c(C(=O)NC7CC7)c6)c5n4)c(OC)c3)CC2)C1. The molecule has 55 heavy (non-hydrogen) atoms. The summed E-state index contributed by atoms with van der Waals surface area (Å²) in [5, 5.41) is 6.71. The van der Waals surface area contributed by atoms with Crippen LogP contribution in [0.3, 0.4) is 0 Å². The fourth-order valence-electron chi connectivity index (χ4n) is 8.58. The van der Waals surface area contributed by atoms with Crippen molar-refractivity contribution in [3.05, 3.63) is 76.0 Å². The van der Waals surface area contributed by atoms with Crippen molar-refractivity contribution in [2.75, 3.05) is 43.5 Å². The molecule has 2 amide bonds. The van der Waals surface area contributed by atoms with E-state index < -0.39 is 11.7 Å². The molecule has 2 aromatic carbocycles. The molecule has 292 valence electrons. The topological polar surface area (TPSA) is 122 Å². The Morgan fingerprint density at radius 1 is 1.02 bits per heavy atom. The molecule has 1 saturated heterocycles. The number of ether oxygens (including phenoxy) is 1. The number of fused-ring (bicyclic) bond motifs is 1. The van der Waals surface area contributed by atoms with Crippen molar-refractivity contribution in [3.63, 3.8) is 0 Å². The highest BCUT2D eigenvalue weighted by atomic mass is 19.1. The number of nitrogens with zero attached hydrogens (tertiary/aromatic N) is 5. The second kappa shape index (κ2) is 16.0. The number of piperazine rings is 1. The Hall–Kier alpha value is -5.00. The quantitative estimate of drug-likeness (QED) is 0.151. The highest BCUT2D eigenvalue weighted by molar-refractivity contribution is 5.95. The standard InChI is InChI=1S/C43H54FN7O4/c1-6-29-20-27(3)14-15-43(7-2,24-29)25-39(53)50-18-16-49(17-19-50)31-11-13-36(37(23-31)55-5)47-42-45-26-34-28(4)21-38(52)51(40(34)48-42)32-10-12-35(44)33(22-32)41(54)46-30-8-9-30/h10-13,21-23,26-27,29-30H,6-9,14-20,24-25H2,1-5H3,(H,46,54)(H,45,47,48). The van der Waals surface area contributed by atoms with E-state index in [1.165, 1.54) is 48.1 Å². The smallest absolute Gasteiger partial charge is 0.257 e. The van der Waals surface area contributed by atoms with E-state index in [0.29, 0.717) is 59.1 Å². The van der Waals surface area contributed by atoms with Crippen molar-refractivity contribution in [1.82, 2.24) is 24.8 Å². The molecule has 7 rings (SSSR count). The van der Waals surface area contributed by atoms with Gasteiger partial charge in [0.05, 0.1) is 24.0 Å². The van der Waals surface area contributed by atoms with Gasteiger partial charge in [0.15, 0.2) is 5.65 Å². The Morgan fingerprint density at radius 2 is 1.78 bits per heavy atom. The molecule has 3 heterocycles. The maximum Gasteiger partial charge on any atom is 0.257 e. The van der Waals surface area contributed by atoms with Gasteiger partial charge in [-0.05, 0) is 98.6 Å². The van der Waals surface area contributed by atoms with Crippen LogP contribution in [-0.2, 0) is 4.79 Å². The van der Waals surface area contributed by atoms with Crippen LogP contribution in [0.15, 0.2) is 53.5 Å². The van der Waals surface area contributed by atoms with E-state index in [-0.39, 0.29) is 34.4 Å². The molecule has 3 fully saturated rings. The average Bonchev–Trinajstić information content (AvgIpc) is 4.02. The zero-order valence-electron chi connectivity index (χ0n) is 32.8. The molecule has 3 atom stereocenters. The lowest BCUT2D eigenvalue weighted by molar-refractivity contribution is -0.134. The van der Waals surface area contributed by atoms with Crippen LogP contribution in [0, 0.1) is 30.0 Å². The maximum absolute atomic E-state index is 14.8. The van der Waals surface area contributed by atoms with E-state index in [1.54, 1.807) is 13.3 Å². The van der Waals surface area contributed by atoms with E-state index in [1.807, 2.05) is 25.1 Å². The normalized spacial score (nSPS) is 21.6. The Kier molecular flexibility index (Phi) is 11.1. The number of aryl methyl sites for hydroxylation is 1. The number of hydrogen-bond acceptors (Lipinski definition) is 8. The van der Waals surface area contributed by atoms with Gasteiger partial charge < -0.3 is 25.2 Å². The number of benzene rings is 2. The minimum atomic E-state index is -0.663. The Balaban J connectivity index is 1.06. The number of methoxy groups -OCH3 is 1. The average molecular weight is 752 g/mol. The summed E-state index contributed by atoms with van der Waals surface area (Å²) in [5.41, 5.74) is 2.56. The first-order valence-corrected chi connectivity index (χ1v) is 20.0. The molecule has 2 saturated carbocycles. The Labute approximate surface area is 322 Å². The molecule has 3 unspecified atom stereocenters. The Morgan fingerprint density at radius 3 is 2.49 bits per heavy atom. The minimum Gasteiger partial charge on any atom is -0.494 e. The molecule has 3 aliphatic rings. The van der Waals surface area contributed by atoms with Crippen LogP contribution in [0.1, 0.15) is 94.5 Å². The second-order valence-electron chi connectivity index (χ2n) is 16.1. The van der Waals surface area contributed by atoms with Gasteiger partial charge >= 0.3 is 0 Å². The zero-order chi connectivity index (χ0) is 38.9. The lowest BCUT2D eigenvalue weighted by atomic mass is 9.72. The largest absolute Gasteiger partial charge is 0.494 e. The molecular weight excluding hydrogens is 698 g/mol. The maximum atomic E-state index is 14.8. The summed E-state index contributed by atoms with van der Waals surface area (Å²) in [5.74, 6) is 1.37. The monoisotopic (exact) mass is 751 g/mol. The second-order valence-corrected chi connectivity index (χ2v) is 16.1. The van der Waals surface area contributed by atoms with Crippen LogP contribution in [0.2, 0.25) is 0 Å². The summed E-state index contributed by atoms with van der Waals surface area (Å²) in [7, 11) is 1.61. The highest BCUT2D eigenvalue weighted by Gasteiger charge is 2.38. The molecule has 2 N–H and O–H groups in total. The van der Waals surface area contributed by atoms with Crippen LogP contribution >= 0.6 is 0 Å². The molecule has 1 aliphatic heterocycles. The zero-order valence-corrected chi connectivity index (χ0v) is 32.8. The fraction of sp³-hybridized carbons (Fsp3) is 0.512. The summed E-state index contributed by atoms with van der Waals surface area (Å²) in [4.78, 5) is 53.6. The van der Waals surface area contributed by atoms with Crippen molar-refractivity contribution >= 4 is 40.2 Å². The van der Waals surface area contributed by atoms with E-state index >= 15 is 0 Å². The number of aromatic nitrogens is 3. The predicted octanol–water partition coefficient (Wildman–Crippen LogP) is 7.54. The van der Waals surface area contributed by atoms with Gasteiger partial charge in [0.1, 0.15) is 11.6 Å². The first-order chi connectivity index (χ1) is 26.5. The number of carbonyl (C=O) groups excluding carboxylic acids is 2. The molecule has 4 aromatic rings. The summed E-state index contributed by atoms with van der Waals surface area (Å²) in [6.45, 7) is 11.6. The van der Waals surface area contributed by atoms with Gasteiger partial charge in [-0.2, -0.15) is 4.98 Å². The van der Waals surface area contributed by atoms with Crippen molar-refractivity contribution in [2.24, 2.45) is 17.3 Å². The van der Waals surface area contributed by atoms with E-state index in [9.17, 15) is 18.8 Å². The third kappa shape index (κ3) is 8.33. The fourth-order valence-corrected chi connectivity index (χ4v) is 8.58. The third-order valence-electron chi connectivity index (χ3n) is 12.2. The summed E-state index contributed by atoms with van der Waals surface area (Å²) in [6, 6.07) is 11.5. The van der Waals surface area contributed by atoms with Crippen LogP contribution in [0.5, 0.6) is 5.75 Å². The highest BCUT2D eigenvalue weighted by Crippen LogP contribution is 2.46. The Bertz CT molecular complexity index is 2130. The van der Waals surface area contributed by atoms with Gasteiger partial charge in [0.2, 0.25) is 11.9 Å². The van der Waals surface area contributed by atoms with Gasteiger partial charge in [-0.3, -0.25) is 19.0 Å². The van der Waals surface area contributed by atoms with Crippen molar-refractivity contribution in [1.29, 1.82) is 0 Å². The molecule has 2 aliphatic carbocycles. The lowest BCUT2D eigenvalue weighted by Gasteiger charge is -2.39. The van der Waals surface area contributed by atoms with Crippen molar-refractivity contribution in [2.45, 2.75) is 91.5 Å². The number of amides is 2. The number of anilines is 3. The van der Waals surface area contributed by atoms with Gasteiger partial charge in [0.25, 0.3) is 11.5 Å². The van der Waals surface area contributed by atoms with E-state index in [0.717, 1.165) is 56.8 Å². The molecular formula is C43H54FN7O4. The third-order valence-corrected chi connectivity index (χ3v) is 12.2. The van der Waals surface area contributed by atoms with Crippen LogP contribution in [-0.4, -0.2) is 70.6 Å². The first kappa shape index (κ1) is 38.3. The molecule has 12 heteroatoms. The number of halogens is 1. The summed E-state index contributed by atoms with van der Waals surface area (Å²) < 4.78 is 22.0.